The highest BCUT2D eigenvalue weighted by molar-refractivity contribution is 7.91. The number of fused-ring (bicyclic) bond motifs is 1. The molecule has 0 radical (unpaired) electrons. The normalized spacial score (nSPS) is 28.2. The van der Waals surface area contributed by atoms with E-state index >= 15 is 0 Å². The van der Waals surface area contributed by atoms with Gasteiger partial charge >= 0.3 is 0 Å². The van der Waals surface area contributed by atoms with Crippen LogP contribution in [0.4, 0.5) is 5.13 Å². The van der Waals surface area contributed by atoms with Crippen molar-refractivity contribution in [3.05, 3.63) is 5.69 Å². The van der Waals surface area contributed by atoms with Gasteiger partial charge in [0, 0.05) is 12.6 Å². The molecule has 1 aromatic heterocycles. The van der Waals surface area contributed by atoms with Crippen LogP contribution in [0.2, 0.25) is 0 Å². The molecule has 1 aliphatic heterocycles. The molecule has 1 saturated carbocycles. The zero-order valence-corrected chi connectivity index (χ0v) is 13.3. The monoisotopic (exact) mass is 315 g/mol. The van der Waals surface area contributed by atoms with E-state index in [9.17, 15) is 8.42 Å². The highest BCUT2D eigenvalue weighted by Crippen LogP contribution is 2.39. The molecule has 3 rings (SSSR count). The van der Waals surface area contributed by atoms with Crippen molar-refractivity contribution in [1.82, 2.24) is 9.29 Å². The molecule has 2 fully saturated rings. The Bertz CT molecular complexity index is 595. The van der Waals surface area contributed by atoms with Crippen LogP contribution in [0.5, 0.6) is 0 Å². The van der Waals surface area contributed by atoms with E-state index in [1.54, 1.807) is 11.2 Å². The molecule has 0 unspecified atom stereocenters. The van der Waals surface area contributed by atoms with Crippen molar-refractivity contribution in [2.75, 3.05) is 12.3 Å². The highest BCUT2D eigenvalue weighted by atomic mass is 32.2. The zero-order valence-electron chi connectivity index (χ0n) is 11.7. The summed E-state index contributed by atoms with van der Waals surface area (Å²) in [4.78, 5) is 4.07. The van der Waals surface area contributed by atoms with Crippen molar-refractivity contribution in [2.24, 2.45) is 5.92 Å². The van der Waals surface area contributed by atoms with Gasteiger partial charge in [-0.2, -0.15) is 4.31 Å². The summed E-state index contributed by atoms with van der Waals surface area (Å²) < 4.78 is 27.9. The van der Waals surface area contributed by atoms with Gasteiger partial charge in [-0.25, -0.2) is 13.4 Å². The molecule has 112 valence electrons. The molecule has 5 nitrogen and oxygen atoms in total. The lowest BCUT2D eigenvalue weighted by Crippen LogP contribution is -2.49. The fourth-order valence-electron chi connectivity index (χ4n) is 3.63. The summed E-state index contributed by atoms with van der Waals surface area (Å²) in [5.74, 6) is 0.540. The molecule has 1 aromatic rings. The topological polar surface area (TPSA) is 76.3 Å². The van der Waals surface area contributed by atoms with Crippen LogP contribution in [0.25, 0.3) is 0 Å². The van der Waals surface area contributed by atoms with Gasteiger partial charge in [0.05, 0.1) is 5.69 Å². The summed E-state index contributed by atoms with van der Waals surface area (Å²) in [5, 5.41) is 0.332. The fraction of sp³-hybridized carbons (Fsp3) is 0.769. The van der Waals surface area contributed by atoms with Gasteiger partial charge < -0.3 is 5.73 Å². The molecule has 1 saturated heterocycles. The van der Waals surface area contributed by atoms with Gasteiger partial charge in [-0.1, -0.05) is 24.2 Å². The van der Waals surface area contributed by atoms with Crippen LogP contribution in [0.1, 0.15) is 44.2 Å². The molecule has 2 aliphatic rings. The van der Waals surface area contributed by atoms with Gasteiger partial charge in [0.2, 0.25) is 0 Å². The minimum absolute atomic E-state index is 0.185. The summed E-state index contributed by atoms with van der Waals surface area (Å²) in [6, 6.07) is 0.185. The molecule has 2 atom stereocenters. The molecule has 2 N–H and O–H groups in total. The average Bonchev–Trinajstić information content (AvgIpc) is 2.78. The number of nitrogens with two attached hydrogens (primary N) is 1. The summed E-state index contributed by atoms with van der Waals surface area (Å²) in [5.41, 5.74) is 6.19. The first-order valence-electron chi connectivity index (χ1n) is 7.25. The maximum Gasteiger partial charge on any atom is 0.254 e. The maximum absolute atomic E-state index is 12.9. The smallest absolute Gasteiger partial charge is 0.254 e. The number of anilines is 1. The number of thiazole rings is 1. The third kappa shape index (κ3) is 2.35. The van der Waals surface area contributed by atoms with Crippen LogP contribution in [-0.4, -0.2) is 30.3 Å². The first-order chi connectivity index (χ1) is 9.50. The van der Waals surface area contributed by atoms with E-state index in [2.05, 4.69) is 4.98 Å². The Kier molecular flexibility index (Phi) is 3.77. The number of nitrogens with zero attached hydrogens (tertiary/aromatic N) is 2. The number of rotatable bonds is 2. The minimum Gasteiger partial charge on any atom is -0.375 e. The third-order valence-electron chi connectivity index (χ3n) is 4.51. The van der Waals surface area contributed by atoms with E-state index in [0.717, 1.165) is 30.6 Å². The molecular weight excluding hydrogens is 294 g/mol. The Balaban J connectivity index is 1.95. The lowest BCUT2D eigenvalue weighted by atomic mass is 9.79. The average molecular weight is 315 g/mol. The predicted octanol–water partition coefficient (Wildman–Crippen LogP) is 2.38. The molecule has 0 spiro atoms. The number of aryl methyl sites for hydroxylation is 1. The minimum atomic E-state index is -3.43. The molecule has 2 heterocycles. The lowest BCUT2D eigenvalue weighted by molar-refractivity contribution is 0.129. The predicted molar refractivity (Wildman–Crippen MR) is 80.1 cm³/mol. The van der Waals surface area contributed by atoms with Gasteiger partial charge in [0.15, 0.2) is 9.34 Å². The van der Waals surface area contributed by atoms with E-state index < -0.39 is 10.0 Å². The highest BCUT2D eigenvalue weighted by Gasteiger charge is 2.41. The van der Waals surface area contributed by atoms with Crippen LogP contribution in [0, 0.1) is 12.8 Å². The van der Waals surface area contributed by atoms with Crippen LogP contribution in [0.15, 0.2) is 4.21 Å². The second kappa shape index (κ2) is 5.27. The van der Waals surface area contributed by atoms with E-state index in [-0.39, 0.29) is 6.04 Å². The Labute approximate surface area is 124 Å². The second-order valence-electron chi connectivity index (χ2n) is 5.79. The molecule has 1 aliphatic carbocycles. The van der Waals surface area contributed by atoms with Crippen LogP contribution in [-0.2, 0) is 10.0 Å². The summed E-state index contributed by atoms with van der Waals surface area (Å²) in [7, 11) is -3.43. The van der Waals surface area contributed by atoms with Crippen molar-refractivity contribution in [1.29, 1.82) is 0 Å². The van der Waals surface area contributed by atoms with Crippen molar-refractivity contribution in [3.8, 4) is 0 Å². The molecular formula is C13H21N3O2S2. The van der Waals surface area contributed by atoms with Crippen molar-refractivity contribution in [2.45, 2.75) is 55.7 Å². The number of sulfonamides is 1. The quantitative estimate of drug-likeness (QED) is 0.909. The van der Waals surface area contributed by atoms with E-state index in [0.29, 0.717) is 27.5 Å². The Morgan fingerprint density at radius 1 is 1.25 bits per heavy atom. The van der Waals surface area contributed by atoms with Crippen LogP contribution in [0.3, 0.4) is 0 Å². The van der Waals surface area contributed by atoms with Gasteiger partial charge in [0.25, 0.3) is 10.0 Å². The van der Waals surface area contributed by atoms with Crippen molar-refractivity contribution >= 4 is 26.5 Å². The first-order valence-corrected chi connectivity index (χ1v) is 9.50. The van der Waals surface area contributed by atoms with Crippen LogP contribution >= 0.6 is 11.3 Å². The zero-order chi connectivity index (χ0) is 14.3. The maximum atomic E-state index is 12.9. The SMILES string of the molecule is Cc1nc(N)sc1S(=O)(=O)N1CCC[C@H]2CCCC[C@H]21. The summed E-state index contributed by atoms with van der Waals surface area (Å²) in [6.45, 7) is 2.36. The number of piperidine rings is 1. The summed E-state index contributed by atoms with van der Waals surface area (Å²) >= 11 is 1.09. The van der Waals surface area contributed by atoms with Gasteiger partial charge in [0.1, 0.15) is 0 Å². The van der Waals surface area contributed by atoms with Crippen LogP contribution < -0.4 is 5.73 Å². The largest absolute Gasteiger partial charge is 0.375 e. The fourth-order valence-corrected chi connectivity index (χ4v) is 6.79. The molecule has 0 bridgehead atoms. The summed E-state index contributed by atoms with van der Waals surface area (Å²) in [6.07, 6.45) is 6.67. The first kappa shape index (κ1) is 14.3. The lowest BCUT2D eigenvalue weighted by Gasteiger charge is -2.42. The Hall–Kier alpha value is -0.660. The van der Waals surface area contributed by atoms with Gasteiger partial charge in [-0.3, -0.25) is 0 Å². The second-order valence-corrected chi connectivity index (χ2v) is 8.91. The molecule has 7 heteroatoms. The van der Waals surface area contributed by atoms with Gasteiger partial charge in [-0.05, 0) is 38.5 Å². The molecule has 0 aromatic carbocycles. The van der Waals surface area contributed by atoms with Gasteiger partial charge in [-0.15, -0.1) is 0 Å². The van der Waals surface area contributed by atoms with E-state index in [1.807, 2.05) is 0 Å². The number of aromatic nitrogens is 1. The molecule has 20 heavy (non-hydrogen) atoms. The standard InChI is InChI=1S/C13H21N3O2S2/c1-9-12(19-13(14)15-9)20(17,18)16-8-4-6-10-5-2-3-7-11(10)16/h10-11H,2-8H2,1H3,(H2,14,15)/t10-,11-/m1/s1. The number of hydrogen-bond acceptors (Lipinski definition) is 5. The Morgan fingerprint density at radius 3 is 2.65 bits per heavy atom. The number of nitrogen functional groups attached to an aromatic ring is 1. The number of hydrogen-bond donors (Lipinski definition) is 1. The van der Waals surface area contributed by atoms with E-state index in [4.69, 9.17) is 5.73 Å². The van der Waals surface area contributed by atoms with Crippen molar-refractivity contribution < 1.29 is 8.42 Å². The Morgan fingerprint density at radius 2 is 1.95 bits per heavy atom. The van der Waals surface area contributed by atoms with Crippen molar-refractivity contribution in [3.63, 3.8) is 0 Å². The molecule has 0 amide bonds. The van der Waals surface area contributed by atoms with E-state index in [1.165, 1.54) is 19.3 Å². The third-order valence-corrected chi connectivity index (χ3v) is 8.00.